The van der Waals surface area contributed by atoms with Crippen LogP contribution in [-0.2, 0) is 26.2 Å². The molecule has 0 aliphatic carbocycles. The van der Waals surface area contributed by atoms with Crippen LogP contribution >= 0.6 is 0 Å². The first-order chi connectivity index (χ1) is 25.9. The molecule has 4 aromatic heterocycles. The highest BCUT2D eigenvalue weighted by molar-refractivity contribution is 6.05. The van der Waals surface area contributed by atoms with Gasteiger partial charge in [-0.15, -0.1) is 0 Å². The molecule has 4 amide bonds. The van der Waals surface area contributed by atoms with E-state index in [0.29, 0.717) is 69.4 Å². The van der Waals surface area contributed by atoms with E-state index in [9.17, 15) is 19.2 Å². The largest absolute Gasteiger partial charge is 0.494 e. The highest BCUT2D eigenvalue weighted by Crippen LogP contribution is 2.33. The van der Waals surface area contributed by atoms with Crippen LogP contribution in [0.1, 0.15) is 66.9 Å². The van der Waals surface area contributed by atoms with Crippen molar-refractivity contribution in [2.45, 2.75) is 53.9 Å². The van der Waals surface area contributed by atoms with Crippen LogP contribution in [0, 0.1) is 13.8 Å². The average Bonchev–Trinajstić information content (AvgIpc) is 3.91. The van der Waals surface area contributed by atoms with Crippen molar-refractivity contribution < 1.29 is 28.7 Å². The second kappa shape index (κ2) is 14.9. The zero-order chi connectivity index (χ0) is 38.8. The lowest BCUT2D eigenvalue weighted by atomic mass is 10.1. The predicted molar refractivity (Wildman–Crippen MR) is 200 cm³/mol. The van der Waals surface area contributed by atoms with Gasteiger partial charge in [-0.3, -0.25) is 39.2 Å². The van der Waals surface area contributed by atoms with Gasteiger partial charge in [-0.2, -0.15) is 10.2 Å². The zero-order valence-corrected chi connectivity index (χ0v) is 30.6. The Labute approximate surface area is 308 Å². The quantitative estimate of drug-likeness (QED) is 0.119. The number of imidazole rings is 2. The van der Waals surface area contributed by atoms with Crippen LogP contribution < -0.4 is 31.6 Å². The number of allylic oxidation sites excluding steroid dienone is 2. The summed E-state index contributed by atoms with van der Waals surface area (Å²) in [6.45, 7) is 8.68. The van der Waals surface area contributed by atoms with Gasteiger partial charge in [-0.25, -0.2) is 9.97 Å². The van der Waals surface area contributed by atoms with E-state index < -0.39 is 23.6 Å². The van der Waals surface area contributed by atoms with E-state index >= 15 is 0 Å². The topological polar surface area (TPSA) is 234 Å². The van der Waals surface area contributed by atoms with Crippen LogP contribution in [0.15, 0.2) is 48.6 Å². The van der Waals surface area contributed by atoms with Crippen LogP contribution in [0.4, 0.5) is 11.9 Å². The van der Waals surface area contributed by atoms with Crippen molar-refractivity contribution in [2.75, 3.05) is 24.9 Å². The summed E-state index contributed by atoms with van der Waals surface area (Å²) in [7, 11) is 2.92. The van der Waals surface area contributed by atoms with Gasteiger partial charge in [0.15, 0.2) is 0 Å². The zero-order valence-electron chi connectivity index (χ0n) is 30.6. The van der Waals surface area contributed by atoms with Crippen LogP contribution in [0.3, 0.4) is 0 Å². The number of amides is 4. The molecule has 0 bridgehead atoms. The Hall–Kier alpha value is -6.98. The number of carbonyl (C=O) groups excluding carboxylic acids is 4. The second-order valence-electron chi connectivity index (χ2n) is 12.3. The molecule has 0 aliphatic heterocycles. The molecule has 0 saturated carbocycles. The minimum Gasteiger partial charge on any atom is -0.494 e. The molecule has 0 atom stereocenters. The van der Waals surface area contributed by atoms with Crippen LogP contribution in [0.2, 0.25) is 0 Å². The third-order valence-electron chi connectivity index (χ3n) is 8.68. The van der Waals surface area contributed by atoms with E-state index in [4.69, 9.17) is 20.9 Å². The molecule has 0 radical (unpaired) electrons. The van der Waals surface area contributed by atoms with Crippen molar-refractivity contribution >= 4 is 57.6 Å². The summed E-state index contributed by atoms with van der Waals surface area (Å²) >= 11 is 0. The van der Waals surface area contributed by atoms with Gasteiger partial charge in [-0.05, 0) is 64.1 Å². The molecule has 0 fully saturated rings. The molecule has 6 N–H and O–H groups in total. The molecule has 0 spiro atoms. The fraction of sp³-hybridized carbons (Fsp3) is 0.278. The molecule has 4 heterocycles. The van der Waals surface area contributed by atoms with Gasteiger partial charge < -0.3 is 30.1 Å². The molecule has 18 heteroatoms. The minimum atomic E-state index is -0.666. The van der Waals surface area contributed by atoms with Gasteiger partial charge >= 0.3 is 0 Å². The minimum absolute atomic E-state index is 0.177. The molecular weight excluding hydrogens is 696 g/mol. The average molecular weight is 737 g/mol. The van der Waals surface area contributed by atoms with E-state index in [1.165, 1.54) is 38.5 Å². The fourth-order valence-electron chi connectivity index (χ4n) is 6.23. The van der Waals surface area contributed by atoms with Gasteiger partial charge in [-0.1, -0.05) is 12.2 Å². The smallest absolute Gasteiger partial charge is 0.276 e. The number of rotatable bonds is 14. The van der Waals surface area contributed by atoms with Gasteiger partial charge in [0.1, 0.15) is 33.9 Å². The lowest BCUT2D eigenvalue weighted by molar-refractivity contribution is 0.0991. The third kappa shape index (κ3) is 6.95. The number of primary amides is 2. The molecule has 6 rings (SSSR count). The summed E-state index contributed by atoms with van der Waals surface area (Å²) < 4.78 is 17.9. The Bertz CT molecular complexity index is 2310. The maximum atomic E-state index is 13.5. The summed E-state index contributed by atoms with van der Waals surface area (Å²) in [5.41, 5.74) is 15.4. The molecule has 0 aliphatic rings. The Morgan fingerprint density at radius 2 is 1.06 bits per heavy atom. The number of nitrogens with two attached hydrogens (primary N) is 2. The molecular formula is C36H40N12O6. The summed E-state index contributed by atoms with van der Waals surface area (Å²) in [4.78, 5) is 60.6. The van der Waals surface area contributed by atoms with Crippen molar-refractivity contribution in [3.63, 3.8) is 0 Å². The Balaban J connectivity index is 1.39. The fourth-order valence-corrected chi connectivity index (χ4v) is 6.23. The SMILES string of the molecule is CCn1nc(C)cc1C(=O)Nc1nc2cc(C(N)=O)cc(OC)c2n1C/C=C/Cn1c(NC(=O)c2cc(C)nn2CC)nc2cc(C(N)=O)cc(OC)c21. The monoisotopic (exact) mass is 736 g/mol. The number of benzene rings is 2. The Morgan fingerprint density at radius 3 is 1.39 bits per heavy atom. The van der Waals surface area contributed by atoms with E-state index in [1.54, 1.807) is 44.5 Å². The number of nitrogens with one attached hydrogen (secondary N) is 2. The van der Waals surface area contributed by atoms with E-state index in [1.807, 2.05) is 26.0 Å². The summed E-state index contributed by atoms with van der Waals surface area (Å²) in [6, 6.07) is 9.45. The highest BCUT2D eigenvalue weighted by Gasteiger charge is 2.23. The maximum Gasteiger partial charge on any atom is 0.276 e. The second-order valence-corrected chi connectivity index (χ2v) is 12.3. The Kier molecular flexibility index (Phi) is 10.2. The molecule has 54 heavy (non-hydrogen) atoms. The summed E-state index contributed by atoms with van der Waals surface area (Å²) in [5, 5.41) is 14.5. The number of fused-ring (bicyclic) bond motifs is 2. The number of aryl methyl sites for hydroxylation is 4. The first kappa shape index (κ1) is 36.8. The molecule has 18 nitrogen and oxygen atoms in total. The van der Waals surface area contributed by atoms with Crippen molar-refractivity contribution in [1.29, 1.82) is 0 Å². The van der Waals surface area contributed by atoms with E-state index in [0.717, 1.165) is 0 Å². The van der Waals surface area contributed by atoms with Gasteiger partial charge in [0.2, 0.25) is 23.7 Å². The number of hydrogen-bond acceptors (Lipinski definition) is 10. The van der Waals surface area contributed by atoms with Crippen molar-refractivity contribution in [1.82, 2.24) is 38.7 Å². The lowest BCUT2D eigenvalue weighted by Gasteiger charge is -2.12. The maximum absolute atomic E-state index is 13.5. The normalized spacial score (nSPS) is 11.4. The molecule has 0 unspecified atom stereocenters. The highest BCUT2D eigenvalue weighted by atomic mass is 16.5. The van der Waals surface area contributed by atoms with E-state index in [-0.39, 0.29) is 36.1 Å². The van der Waals surface area contributed by atoms with Crippen LogP contribution in [-0.4, -0.2) is 76.5 Å². The number of hydrogen-bond donors (Lipinski definition) is 4. The standard InChI is InChI=1S/C36H40N12O6/c1-7-47-25(13-19(3)43-47)33(51)41-35-39-23-15-21(31(37)49)17-27(53-5)29(23)45(35)11-9-10-12-46-30-24(16-22(32(38)50)18-28(30)54-6)40-36(46)42-34(52)26-14-20(4)44-48(26)8-2/h9-10,13-18H,7-8,11-12H2,1-6H3,(H2,37,49)(H2,38,50)(H,39,41,51)(H,40,42,52)/b10-9+. The molecule has 6 aromatic rings. The number of aromatic nitrogens is 8. The number of anilines is 2. The van der Waals surface area contributed by atoms with Crippen molar-refractivity contribution in [3.8, 4) is 11.5 Å². The van der Waals surface area contributed by atoms with Gasteiger partial charge in [0.05, 0.1) is 36.6 Å². The third-order valence-corrected chi connectivity index (χ3v) is 8.68. The first-order valence-electron chi connectivity index (χ1n) is 17.0. The number of ether oxygens (including phenoxy) is 2. The molecule has 2 aromatic carbocycles. The predicted octanol–water partition coefficient (Wildman–Crippen LogP) is 3.41. The lowest BCUT2D eigenvalue weighted by Crippen LogP contribution is -2.20. The Morgan fingerprint density at radius 1 is 0.667 bits per heavy atom. The van der Waals surface area contributed by atoms with Crippen LogP contribution in [0.25, 0.3) is 22.1 Å². The van der Waals surface area contributed by atoms with Gasteiger partial charge in [0.25, 0.3) is 11.8 Å². The van der Waals surface area contributed by atoms with Crippen molar-refractivity contribution in [3.05, 3.63) is 82.5 Å². The number of nitrogens with zero attached hydrogens (tertiary/aromatic N) is 8. The summed E-state index contributed by atoms with van der Waals surface area (Å²) in [5.74, 6) is -1.19. The van der Waals surface area contributed by atoms with Crippen LogP contribution in [0.5, 0.6) is 11.5 Å². The number of methoxy groups -OCH3 is 2. The summed E-state index contributed by atoms with van der Waals surface area (Å²) in [6.07, 6.45) is 3.66. The number of carbonyl (C=O) groups is 4. The first-order valence-corrected chi connectivity index (χ1v) is 17.0. The molecule has 0 saturated heterocycles. The van der Waals surface area contributed by atoms with Crippen molar-refractivity contribution in [2.24, 2.45) is 11.5 Å². The molecule has 280 valence electrons. The van der Waals surface area contributed by atoms with Gasteiger partial charge in [0, 0.05) is 37.3 Å². The van der Waals surface area contributed by atoms with E-state index in [2.05, 4.69) is 30.8 Å².